The third kappa shape index (κ3) is 2.66. The molecule has 103 valence electrons. The summed E-state index contributed by atoms with van der Waals surface area (Å²) in [6.45, 7) is 6.41. The zero-order valence-corrected chi connectivity index (χ0v) is 13.5. The van der Waals surface area contributed by atoms with Crippen LogP contribution in [0.4, 0.5) is 0 Å². The maximum atomic E-state index is 4.47. The first kappa shape index (κ1) is 14.9. The molecule has 0 bridgehead atoms. The van der Waals surface area contributed by atoms with Crippen LogP contribution in [0.15, 0.2) is 42.6 Å². The van der Waals surface area contributed by atoms with Gasteiger partial charge in [-0.2, -0.15) is 0 Å². The van der Waals surface area contributed by atoms with Crippen LogP contribution in [0.2, 0.25) is 0 Å². The quantitative estimate of drug-likeness (QED) is 0.630. The van der Waals surface area contributed by atoms with Crippen molar-refractivity contribution in [3.05, 3.63) is 48.3 Å². The van der Waals surface area contributed by atoms with Gasteiger partial charge in [-0.1, -0.05) is 56.8 Å². The molecule has 2 heterocycles. The second kappa shape index (κ2) is 5.45. The van der Waals surface area contributed by atoms with Gasteiger partial charge in [0.1, 0.15) is 0 Å². The van der Waals surface area contributed by atoms with Crippen LogP contribution in [-0.4, -0.2) is 10.1 Å². The Bertz CT molecular complexity index is 720. The Hall–Kier alpha value is -1.54. The summed E-state index contributed by atoms with van der Waals surface area (Å²) in [6, 6.07) is 12.3. The summed E-state index contributed by atoms with van der Waals surface area (Å²) < 4.78 is 0. The van der Waals surface area contributed by atoms with E-state index in [0.717, 1.165) is 22.5 Å². The SMILES string of the molecule is CC(C)(C)c1cc(-c2nccc3ccccc23)[n-]n1.[Ru+]. The minimum Gasteiger partial charge on any atom is -0.573 e. The molecule has 0 N–H and O–H groups in total. The van der Waals surface area contributed by atoms with Crippen LogP contribution in [-0.2, 0) is 24.9 Å². The Labute approximate surface area is 131 Å². The van der Waals surface area contributed by atoms with Crippen molar-refractivity contribution in [2.75, 3.05) is 0 Å². The molecule has 4 heteroatoms. The molecule has 2 aromatic heterocycles. The van der Waals surface area contributed by atoms with Crippen LogP contribution < -0.4 is 5.10 Å². The second-order valence-electron chi connectivity index (χ2n) is 5.75. The molecule has 3 nitrogen and oxygen atoms in total. The van der Waals surface area contributed by atoms with Crippen molar-refractivity contribution in [2.45, 2.75) is 26.2 Å². The number of hydrogen-bond acceptors (Lipinski definition) is 2. The molecule has 20 heavy (non-hydrogen) atoms. The van der Waals surface area contributed by atoms with Gasteiger partial charge in [0.2, 0.25) is 0 Å². The Morgan fingerprint density at radius 2 is 1.80 bits per heavy atom. The van der Waals surface area contributed by atoms with Gasteiger partial charge in [-0.05, 0) is 11.5 Å². The molecule has 0 aliphatic rings. The molecule has 0 spiro atoms. The number of pyridine rings is 1. The van der Waals surface area contributed by atoms with Crippen LogP contribution in [0.3, 0.4) is 0 Å². The van der Waals surface area contributed by atoms with Gasteiger partial charge in [-0.25, -0.2) is 0 Å². The Morgan fingerprint density at radius 3 is 2.50 bits per heavy atom. The van der Waals surface area contributed by atoms with E-state index in [0.29, 0.717) is 0 Å². The molecule has 0 amide bonds. The summed E-state index contributed by atoms with van der Waals surface area (Å²) in [5.74, 6) is 0. The fourth-order valence-corrected chi connectivity index (χ4v) is 2.10. The van der Waals surface area contributed by atoms with Crippen molar-refractivity contribution in [1.29, 1.82) is 0 Å². The molecule has 0 saturated carbocycles. The van der Waals surface area contributed by atoms with Crippen molar-refractivity contribution in [1.82, 2.24) is 15.2 Å². The van der Waals surface area contributed by atoms with E-state index in [1.165, 1.54) is 5.39 Å². The van der Waals surface area contributed by atoms with Gasteiger partial charge in [0, 0.05) is 22.7 Å². The number of nitrogens with zero attached hydrogens (tertiary/aromatic N) is 3. The average molecular weight is 351 g/mol. The minimum atomic E-state index is 0. The predicted octanol–water partition coefficient (Wildman–Crippen LogP) is 3.55. The van der Waals surface area contributed by atoms with Gasteiger partial charge in [0.25, 0.3) is 0 Å². The minimum absolute atomic E-state index is 0. The molecule has 0 aliphatic heterocycles. The number of aromatic nitrogens is 3. The first-order valence-electron chi connectivity index (χ1n) is 6.41. The predicted molar refractivity (Wildman–Crippen MR) is 77.0 cm³/mol. The zero-order valence-electron chi connectivity index (χ0n) is 11.7. The molecule has 1 aromatic carbocycles. The zero-order chi connectivity index (χ0) is 13.5. The fourth-order valence-electron chi connectivity index (χ4n) is 2.10. The van der Waals surface area contributed by atoms with Crippen LogP contribution >= 0.6 is 0 Å². The van der Waals surface area contributed by atoms with Crippen molar-refractivity contribution < 1.29 is 19.5 Å². The van der Waals surface area contributed by atoms with Gasteiger partial charge in [0.05, 0.1) is 5.69 Å². The molecule has 0 saturated heterocycles. The van der Waals surface area contributed by atoms with Gasteiger partial charge in [0.15, 0.2) is 0 Å². The van der Waals surface area contributed by atoms with E-state index in [2.05, 4.69) is 48.1 Å². The summed E-state index contributed by atoms with van der Waals surface area (Å²) in [7, 11) is 0. The van der Waals surface area contributed by atoms with Gasteiger partial charge < -0.3 is 10.2 Å². The molecular formula is C16H16N3Ru. The molecule has 0 unspecified atom stereocenters. The van der Waals surface area contributed by atoms with E-state index < -0.39 is 0 Å². The van der Waals surface area contributed by atoms with E-state index in [9.17, 15) is 0 Å². The molecule has 3 rings (SSSR count). The summed E-state index contributed by atoms with van der Waals surface area (Å²) in [5, 5.41) is 10.9. The first-order valence-corrected chi connectivity index (χ1v) is 6.41. The van der Waals surface area contributed by atoms with Crippen LogP contribution in [0.25, 0.3) is 22.2 Å². The smallest absolute Gasteiger partial charge is 0.573 e. The van der Waals surface area contributed by atoms with Crippen LogP contribution in [0.1, 0.15) is 26.5 Å². The van der Waals surface area contributed by atoms with Crippen molar-refractivity contribution in [3.63, 3.8) is 0 Å². The van der Waals surface area contributed by atoms with Crippen LogP contribution in [0, 0.1) is 0 Å². The standard InChI is InChI=1S/C16H16N3.Ru/c1-16(2,3)14-10-13(18-19-14)15-12-7-5-4-6-11(12)8-9-17-15;/h4-10H,1-3H3;/q-1;+1. The van der Waals surface area contributed by atoms with E-state index in [1.54, 1.807) is 0 Å². The third-order valence-electron chi connectivity index (χ3n) is 3.22. The van der Waals surface area contributed by atoms with E-state index in [4.69, 9.17) is 0 Å². The van der Waals surface area contributed by atoms with Gasteiger partial charge in [-0.3, -0.25) is 4.98 Å². The van der Waals surface area contributed by atoms with Crippen LogP contribution in [0.5, 0.6) is 0 Å². The number of rotatable bonds is 1. The van der Waals surface area contributed by atoms with Crippen molar-refractivity contribution >= 4 is 10.8 Å². The molecule has 0 fully saturated rings. The number of fused-ring (bicyclic) bond motifs is 1. The van der Waals surface area contributed by atoms with E-state index in [1.807, 2.05) is 30.5 Å². The molecule has 1 radical (unpaired) electrons. The number of benzene rings is 1. The maximum absolute atomic E-state index is 4.47. The Balaban J connectivity index is 0.00000147. The normalized spacial score (nSPS) is 11.3. The summed E-state index contributed by atoms with van der Waals surface area (Å²) in [6.07, 6.45) is 1.82. The van der Waals surface area contributed by atoms with Crippen molar-refractivity contribution in [2.24, 2.45) is 0 Å². The molecule has 0 aliphatic carbocycles. The number of hydrogen-bond donors (Lipinski definition) is 0. The Morgan fingerprint density at radius 1 is 1.05 bits per heavy atom. The summed E-state index contributed by atoms with van der Waals surface area (Å²) >= 11 is 0. The average Bonchev–Trinajstić information content (AvgIpc) is 2.87. The second-order valence-corrected chi connectivity index (χ2v) is 5.75. The van der Waals surface area contributed by atoms with E-state index in [-0.39, 0.29) is 24.9 Å². The van der Waals surface area contributed by atoms with Gasteiger partial charge in [-0.15, -0.1) is 0 Å². The molecule has 0 atom stereocenters. The molecular weight excluding hydrogens is 335 g/mol. The van der Waals surface area contributed by atoms with E-state index >= 15 is 0 Å². The first-order chi connectivity index (χ1) is 9.05. The summed E-state index contributed by atoms with van der Waals surface area (Å²) in [4.78, 5) is 4.47. The van der Waals surface area contributed by atoms with Gasteiger partial charge >= 0.3 is 19.5 Å². The Kier molecular flexibility index (Phi) is 4.05. The topological polar surface area (TPSA) is 39.9 Å². The molecule has 3 aromatic rings. The van der Waals surface area contributed by atoms with Crippen molar-refractivity contribution in [3.8, 4) is 11.4 Å². The maximum Gasteiger partial charge on any atom is 1.00 e. The summed E-state index contributed by atoms with van der Waals surface area (Å²) in [5.41, 5.74) is 2.76. The third-order valence-corrected chi connectivity index (χ3v) is 3.22. The largest absolute Gasteiger partial charge is 1.00 e. The monoisotopic (exact) mass is 352 g/mol. The fraction of sp³-hybridized carbons (Fsp3) is 0.250.